The molecule has 0 aliphatic heterocycles. The van der Waals surface area contributed by atoms with Crippen LogP contribution in [-0.4, -0.2) is 17.9 Å². The van der Waals surface area contributed by atoms with Gasteiger partial charge < -0.3 is 10.6 Å². The van der Waals surface area contributed by atoms with Crippen molar-refractivity contribution in [1.29, 1.82) is 0 Å². The van der Waals surface area contributed by atoms with Crippen LogP contribution in [0.15, 0.2) is 48.5 Å². The molecule has 1 amide bonds. The Hall–Kier alpha value is -1.55. The van der Waals surface area contributed by atoms with Crippen molar-refractivity contribution in [2.45, 2.75) is 12.6 Å². The average molecular weight is 323 g/mol. The van der Waals surface area contributed by atoms with Crippen LogP contribution in [0.2, 0.25) is 10.0 Å². The van der Waals surface area contributed by atoms with Crippen LogP contribution >= 0.6 is 23.2 Å². The van der Waals surface area contributed by atoms with Gasteiger partial charge in [-0.15, -0.1) is 0 Å². The van der Waals surface area contributed by atoms with Gasteiger partial charge in [-0.2, -0.15) is 0 Å². The Morgan fingerprint density at radius 1 is 1.14 bits per heavy atom. The van der Waals surface area contributed by atoms with Crippen LogP contribution in [0.1, 0.15) is 17.2 Å². The summed E-state index contributed by atoms with van der Waals surface area (Å²) < 4.78 is 0. The smallest absolute Gasteiger partial charge is 0.244 e. The Balaban J connectivity index is 2.11. The summed E-state index contributed by atoms with van der Waals surface area (Å²) in [6, 6.07) is 13.9. The number of carbonyl (C=O) groups excluding carboxylic acids is 1. The molecule has 5 heteroatoms. The molecule has 1 atom stereocenters. The van der Waals surface area contributed by atoms with E-state index in [1.165, 1.54) is 0 Å². The summed E-state index contributed by atoms with van der Waals surface area (Å²) in [4.78, 5) is 13.9. The molecule has 1 unspecified atom stereocenters. The third-order valence-corrected chi connectivity index (χ3v) is 4.10. The molecule has 2 N–H and O–H groups in total. The third-order valence-electron chi connectivity index (χ3n) is 3.24. The SMILES string of the molecule is CN(Cc1cccc(Cl)c1Cl)C(=O)C(N)c1ccccc1. The van der Waals surface area contributed by atoms with Crippen molar-refractivity contribution in [2.75, 3.05) is 7.05 Å². The fourth-order valence-corrected chi connectivity index (χ4v) is 2.42. The molecule has 0 heterocycles. The van der Waals surface area contributed by atoms with E-state index in [-0.39, 0.29) is 5.91 Å². The van der Waals surface area contributed by atoms with Gasteiger partial charge in [-0.1, -0.05) is 65.7 Å². The number of rotatable bonds is 4. The van der Waals surface area contributed by atoms with Crippen molar-refractivity contribution >= 4 is 29.1 Å². The van der Waals surface area contributed by atoms with Crippen LogP contribution in [0.4, 0.5) is 0 Å². The number of hydrogen-bond acceptors (Lipinski definition) is 2. The van der Waals surface area contributed by atoms with Crippen molar-refractivity contribution < 1.29 is 4.79 Å². The molecule has 2 rings (SSSR count). The van der Waals surface area contributed by atoms with E-state index >= 15 is 0 Å². The van der Waals surface area contributed by atoms with E-state index in [2.05, 4.69) is 0 Å². The average Bonchev–Trinajstić information content (AvgIpc) is 2.51. The number of amides is 1. The lowest BCUT2D eigenvalue weighted by Crippen LogP contribution is -2.35. The summed E-state index contributed by atoms with van der Waals surface area (Å²) in [6.45, 7) is 0.360. The molecule has 0 saturated carbocycles. The second-order valence-electron chi connectivity index (χ2n) is 4.80. The number of halogens is 2. The molecule has 3 nitrogen and oxygen atoms in total. The monoisotopic (exact) mass is 322 g/mol. The maximum atomic E-state index is 12.4. The Bertz CT molecular complexity index is 631. The van der Waals surface area contributed by atoms with Gasteiger partial charge in [0.25, 0.3) is 0 Å². The number of carbonyl (C=O) groups is 1. The largest absolute Gasteiger partial charge is 0.340 e. The van der Waals surface area contributed by atoms with Gasteiger partial charge in [-0.25, -0.2) is 0 Å². The summed E-state index contributed by atoms with van der Waals surface area (Å²) in [5.74, 6) is -0.169. The van der Waals surface area contributed by atoms with Gasteiger partial charge in [0.2, 0.25) is 5.91 Å². The number of hydrogen-bond donors (Lipinski definition) is 1. The Morgan fingerprint density at radius 3 is 2.48 bits per heavy atom. The highest BCUT2D eigenvalue weighted by atomic mass is 35.5. The van der Waals surface area contributed by atoms with E-state index in [0.29, 0.717) is 16.6 Å². The van der Waals surface area contributed by atoms with Gasteiger partial charge in [-0.05, 0) is 17.2 Å². The third kappa shape index (κ3) is 3.76. The van der Waals surface area contributed by atoms with Crippen molar-refractivity contribution in [1.82, 2.24) is 4.90 Å². The second-order valence-corrected chi connectivity index (χ2v) is 5.58. The standard InChI is InChI=1S/C16H16Cl2N2O/c1-20(10-12-8-5-9-13(17)14(12)18)16(21)15(19)11-6-3-2-4-7-11/h2-9,15H,10,19H2,1H3. The van der Waals surface area contributed by atoms with E-state index in [0.717, 1.165) is 11.1 Å². The Kier molecular flexibility index (Phi) is 5.23. The predicted molar refractivity (Wildman–Crippen MR) is 86.3 cm³/mol. The summed E-state index contributed by atoms with van der Waals surface area (Å²) in [5, 5.41) is 0.939. The first kappa shape index (κ1) is 15.8. The first-order chi connectivity index (χ1) is 10.0. The summed E-state index contributed by atoms with van der Waals surface area (Å²) in [7, 11) is 1.70. The molecule has 0 bridgehead atoms. The molecule has 2 aromatic rings. The van der Waals surface area contributed by atoms with Crippen LogP contribution in [0.3, 0.4) is 0 Å². The van der Waals surface area contributed by atoms with Gasteiger partial charge in [-0.3, -0.25) is 4.79 Å². The van der Waals surface area contributed by atoms with Crippen LogP contribution in [0, 0.1) is 0 Å². The minimum Gasteiger partial charge on any atom is -0.340 e. The number of likely N-dealkylation sites (N-methyl/N-ethyl adjacent to an activating group) is 1. The van der Waals surface area contributed by atoms with E-state index < -0.39 is 6.04 Å². The quantitative estimate of drug-likeness (QED) is 0.933. The molecule has 0 aromatic heterocycles. The first-order valence-electron chi connectivity index (χ1n) is 6.49. The Morgan fingerprint density at radius 2 is 1.81 bits per heavy atom. The van der Waals surface area contributed by atoms with Crippen molar-refractivity contribution in [3.63, 3.8) is 0 Å². The van der Waals surface area contributed by atoms with Crippen molar-refractivity contribution in [3.05, 3.63) is 69.7 Å². The van der Waals surface area contributed by atoms with E-state index in [1.807, 2.05) is 36.4 Å². The van der Waals surface area contributed by atoms with Crippen LogP contribution in [0.5, 0.6) is 0 Å². The van der Waals surface area contributed by atoms with Crippen LogP contribution < -0.4 is 5.73 Å². The van der Waals surface area contributed by atoms with Crippen LogP contribution in [0.25, 0.3) is 0 Å². The van der Waals surface area contributed by atoms with E-state index in [1.54, 1.807) is 24.1 Å². The number of nitrogens with zero attached hydrogens (tertiary/aromatic N) is 1. The van der Waals surface area contributed by atoms with E-state index in [4.69, 9.17) is 28.9 Å². The molecule has 0 fully saturated rings. The zero-order chi connectivity index (χ0) is 15.4. The van der Waals surface area contributed by atoms with Gasteiger partial charge in [0.1, 0.15) is 6.04 Å². The molecule has 110 valence electrons. The summed E-state index contributed by atoms with van der Waals surface area (Å²) in [6.07, 6.45) is 0. The summed E-state index contributed by atoms with van der Waals surface area (Å²) >= 11 is 12.1. The van der Waals surface area contributed by atoms with Gasteiger partial charge in [0.05, 0.1) is 10.0 Å². The zero-order valence-corrected chi connectivity index (χ0v) is 13.1. The lowest BCUT2D eigenvalue weighted by molar-refractivity contribution is -0.131. The fourth-order valence-electron chi connectivity index (χ4n) is 2.04. The molecule has 0 spiro atoms. The van der Waals surface area contributed by atoms with Crippen molar-refractivity contribution in [3.8, 4) is 0 Å². The lowest BCUT2D eigenvalue weighted by atomic mass is 10.1. The van der Waals surface area contributed by atoms with Gasteiger partial charge >= 0.3 is 0 Å². The predicted octanol–water partition coefficient (Wildman–Crippen LogP) is 3.65. The number of benzene rings is 2. The molecular formula is C16H16Cl2N2O. The molecule has 0 aliphatic carbocycles. The molecule has 0 saturated heterocycles. The molecule has 2 aromatic carbocycles. The highest BCUT2D eigenvalue weighted by Gasteiger charge is 2.20. The minimum atomic E-state index is -0.686. The highest BCUT2D eigenvalue weighted by Crippen LogP contribution is 2.26. The zero-order valence-electron chi connectivity index (χ0n) is 11.6. The Labute approximate surface area is 134 Å². The molecule has 0 aliphatic rings. The first-order valence-corrected chi connectivity index (χ1v) is 7.24. The minimum absolute atomic E-state index is 0.169. The fraction of sp³-hybridized carbons (Fsp3) is 0.188. The maximum absolute atomic E-state index is 12.4. The molecule has 21 heavy (non-hydrogen) atoms. The normalized spacial score (nSPS) is 12.0. The van der Waals surface area contributed by atoms with Gasteiger partial charge in [0.15, 0.2) is 0 Å². The topological polar surface area (TPSA) is 46.3 Å². The lowest BCUT2D eigenvalue weighted by Gasteiger charge is -2.22. The van der Waals surface area contributed by atoms with Gasteiger partial charge in [0, 0.05) is 13.6 Å². The molecule has 0 radical (unpaired) electrons. The second kappa shape index (κ2) is 6.94. The maximum Gasteiger partial charge on any atom is 0.244 e. The van der Waals surface area contributed by atoms with E-state index in [9.17, 15) is 4.79 Å². The summed E-state index contributed by atoms with van der Waals surface area (Å²) in [5.41, 5.74) is 7.59. The van der Waals surface area contributed by atoms with Crippen LogP contribution in [-0.2, 0) is 11.3 Å². The number of nitrogens with two attached hydrogens (primary N) is 1. The molecular weight excluding hydrogens is 307 g/mol. The van der Waals surface area contributed by atoms with Crippen molar-refractivity contribution in [2.24, 2.45) is 5.73 Å². The highest BCUT2D eigenvalue weighted by molar-refractivity contribution is 6.42.